The van der Waals surface area contributed by atoms with Crippen molar-refractivity contribution >= 4 is 10.0 Å². The number of benzene rings is 2. The molecule has 152 valence electrons. The van der Waals surface area contributed by atoms with Gasteiger partial charge in [0.05, 0.1) is 36.5 Å². The molecule has 0 saturated carbocycles. The zero-order valence-electron chi connectivity index (χ0n) is 16.5. The lowest BCUT2D eigenvalue weighted by atomic mass is 10.1. The molecule has 8 heteroatoms. The third-order valence-electron chi connectivity index (χ3n) is 4.31. The first kappa shape index (κ1) is 20.8. The molecule has 7 nitrogen and oxygen atoms in total. The summed E-state index contributed by atoms with van der Waals surface area (Å²) in [4.78, 5) is 8.62. The molecule has 0 atom stereocenters. The van der Waals surface area contributed by atoms with Gasteiger partial charge in [-0.05, 0) is 67.9 Å². The minimum Gasteiger partial charge on any atom is -0.497 e. The molecule has 3 rings (SSSR count). The lowest BCUT2D eigenvalue weighted by Crippen LogP contribution is -2.24. The van der Waals surface area contributed by atoms with E-state index in [1.807, 2.05) is 38.1 Å². The summed E-state index contributed by atoms with van der Waals surface area (Å²) in [5.41, 5.74) is 2.92. The second-order valence-corrected chi connectivity index (χ2v) is 8.07. The quantitative estimate of drug-likeness (QED) is 0.609. The van der Waals surface area contributed by atoms with Crippen molar-refractivity contribution in [1.82, 2.24) is 14.7 Å². The predicted molar refractivity (Wildman–Crippen MR) is 110 cm³/mol. The number of nitrogens with zero attached hydrogens (tertiary/aromatic N) is 2. The first-order valence-electron chi connectivity index (χ1n) is 9.11. The topological polar surface area (TPSA) is 90.4 Å². The van der Waals surface area contributed by atoms with Crippen LogP contribution >= 0.6 is 0 Å². The number of rotatable bonds is 8. The van der Waals surface area contributed by atoms with E-state index in [1.54, 1.807) is 25.3 Å². The highest BCUT2D eigenvalue weighted by molar-refractivity contribution is 7.89. The van der Waals surface area contributed by atoms with E-state index in [1.165, 1.54) is 12.4 Å². The largest absolute Gasteiger partial charge is 0.497 e. The summed E-state index contributed by atoms with van der Waals surface area (Å²) in [6, 6.07) is 14.0. The maximum absolute atomic E-state index is 12.6. The van der Waals surface area contributed by atoms with E-state index in [0.29, 0.717) is 23.7 Å². The summed E-state index contributed by atoms with van der Waals surface area (Å²) < 4.78 is 38.5. The molecule has 0 spiro atoms. The van der Waals surface area contributed by atoms with Gasteiger partial charge in [-0.3, -0.25) is 0 Å². The molecule has 29 heavy (non-hydrogen) atoms. The van der Waals surface area contributed by atoms with Gasteiger partial charge in [0.25, 0.3) is 0 Å². The van der Waals surface area contributed by atoms with E-state index < -0.39 is 10.0 Å². The molecule has 1 N–H and O–H groups in total. The fourth-order valence-corrected chi connectivity index (χ4v) is 3.86. The van der Waals surface area contributed by atoms with Crippen LogP contribution in [0.4, 0.5) is 0 Å². The van der Waals surface area contributed by atoms with Crippen LogP contribution in [0.25, 0.3) is 11.3 Å². The number of sulfonamides is 1. The smallest absolute Gasteiger partial charge is 0.240 e. The van der Waals surface area contributed by atoms with Gasteiger partial charge in [-0.25, -0.2) is 23.1 Å². The van der Waals surface area contributed by atoms with Crippen LogP contribution < -0.4 is 14.2 Å². The van der Waals surface area contributed by atoms with Gasteiger partial charge in [-0.2, -0.15) is 0 Å². The van der Waals surface area contributed by atoms with Crippen molar-refractivity contribution < 1.29 is 17.9 Å². The molecule has 2 aromatic carbocycles. The molecular formula is C21H23N3O4S. The first-order valence-corrected chi connectivity index (χ1v) is 10.6. The number of aromatic nitrogens is 2. The van der Waals surface area contributed by atoms with Crippen molar-refractivity contribution in [2.45, 2.75) is 25.3 Å². The standard InChI is InChI=1S/C21H23N3O4S/c1-4-28-21-10-9-19(11-15(21)2)29(25,26)24-13-17-12-20(23-14-22-17)16-5-7-18(27-3)8-6-16/h5-12,14,24H,4,13H2,1-3H3. The van der Waals surface area contributed by atoms with Crippen molar-refractivity contribution in [3.63, 3.8) is 0 Å². The maximum atomic E-state index is 12.6. The minimum atomic E-state index is -3.68. The van der Waals surface area contributed by atoms with Crippen LogP contribution in [0.2, 0.25) is 0 Å². The lowest BCUT2D eigenvalue weighted by Gasteiger charge is -2.11. The molecule has 0 bridgehead atoms. The number of nitrogens with one attached hydrogen (secondary N) is 1. The van der Waals surface area contributed by atoms with E-state index in [-0.39, 0.29) is 11.4 Å². The van der Waals surface area contributed by atoms with Crippen LogP contribution in [-0.4, -0.2) is 32.1 Å². The zero-order chi connectivity index (χ0) is 20.9. The van der Waals surface area contributed by atoms with Crippen molar-refractivity contribution in [1.29, 1.82) is 0 Å². The number of hydrogen-bond acceptors (Lipinski definition) is 6. The Labute approximate surface area is 170 Å². The van der Waals surface area contributed by atoms with Gasteiger partial charge in [0, 0.05) is 5.56 Å². The van der Waals surface area contributed by atoms with Gasteiger partial charge in [0.1, 0.15) is 17.8 Å². The highest BCUT2D eigenvalue weighted by atomic mass is 32.2. The van der Waals surface area contributed by atoms with Crippen LogP contribution in [-0.2, 0) is 16.6 Å². The van der Waals surface area contributed by atoms with Crippen LogP contribution in [0.1, 0.15) is 18.2 Å². The van der Waals surface area contributed by atoms with Gasteiger partial charge in [-0.15, -0.1) is 0 Å². The predicted octanol–water partition coefficient (Wildman–Crippen LogP) is 3.34. The summed E-state index contributed by atoms with van der Waals surface area (Å²) in [5.74, 6) is 1.42. The number of ether oxygens (including phenoxy) is 2. The zero-order valence-corrected chi connectivity index (χ0v) is 17.4. The Kier molecular flexibility index (Phi) is 6.46. The monoisotopic (exact) mass is 413 g/mol. The Morgan fingerprint density at radius 1 is 1.03 bits per heavy atom. The molecule has 0 amide bonds. The van der Waals surface area contributed by atoms with Crippen LogP contribution in [0.15, 0.2) is 59.8 Å². The molecule has 0 aliphatic rings. The summed E-state index contributed by atoms with van der Waals surface area (Å²) in [5, 5.41) is 0. The fourth-order valence-electron chi connectivity index (χ4n) is 2.77. The summed E-state index contributed by atoms with van der Waals surface area (Å²) in [6.07, 6.45) is 1.42. The molecule has 0 radical (unpaired) electrons. The van der Waals surface area contributed by atoms with E-state index in [4.69, 9.17) is 9.47 Å². The van der Waals surface area contributed by atoms with E-state index in [9.17, 15) is 8.42 Å². The van der Waals surface area contributed by atoms with Gasteiger partial charge < -0.3 is 9.47 Å². The number of aryl methyl sites for hydroxylation is 1. The van der Waals surface area contributed by atoms with Crippen molar-refractivity contribution in [3.8, 4) is 22.8 Å². The lowest BCUT2D eigenvalue weighted by molar-refractivity contribution is 0.337. The average molecular weight is 413 g/mol. The maximum Gasteiger partial charge on any atom is 0.240 e. The Morgan fingerprint density at radius 3 is 2.45 bits per heavy atom. The molecule has 3 aromatic rings. The van der Waals surface area contributed by atoms with Gasteiger partial charge in [0.15, 0.2) is 0 Å². The van der Waals surface area contributed by atoms with E-state index >= 15 is 0 Å². The second-order valence-electron chi connectivity index (χ2n) is 6.31. The second kappa shape index (κ2) is 9.02. The molecule has 1 aromatic heterocycles. The highest BCUT2D eigenvalue weighted by Crippen LogP contribution is 2.23. The van der Waals surface area contributed by atoms with Crippen LogP contribution in [0.3, 0.4) is 0 Å². The third kappa shape index (κ3) is 5.10. The Bertz CT molecular complexity index is 1080. The van der Waals surface area contributed by atoms with Gasteiger partial charge >= 0.3 is 0 Å². The number of hydrogen-bond donors (Lipinski definition) is 1. The van der Waals surface area contributed by atoms with Gasteiger partial charge in [-0.1, -0.05) is 0 Å². The molecule has 0 unspecified atom stereocenters. The molecule has 1 heterocycles. The Balaban J connectivity index is 1.74. The summed E-state index contributed by atoms with van der Waals surface area (Å²) in [6.45, 7) is 4.28. The average Bonchev–Trinajstić information content (AvgIpc) is 2.74. The van der Waals surface area contributed by atoms with E-state index in [2.05, 4.69) is 14.7 Å². The summed E-state index contributed by atoms with van der Waals surface area (Å²) in [7, 11) is -2.07. The molecule has 0 aliphatic heterocycles. The minimum absolute atomic E-state index is 0.0558. The highest BCUT2D eigenvalue weighted by Gasteiger charge is 2.16. The Morgan fingerprint density at radius 2 is 1.79 bits per heavy atom. The molecule has 0 saturated heterocycles. The van der Waals surface area contributed by atoms with Crippen molar-refractivity contribution in [2.75, 3.05) is 13.7 Å². The third-order valence-corrected chi connectivity index (χ3v) is 5.71. The van der Waals surface area contributed by atoms with Crippen molar-refractivity contribution in [3.05, 3.63) is 66.1 Å². The Hall–Kier alpha value is -2.97. The normalized spacial score (nSPS) is 11.3. The first-order chi connectivity index (χ1) is 13.9. The molecular weight excluding hydrogens is 390 g/mol. The fraction of sp³-hybridized carbons (Fsp3) is 0.238. The number of methoxy groups -OCH3 is 1. The SMILES string of the molecule is CCOc1ccc(S(=O)(=O)NCc2cc(-c3ccc(OC)cc3)ncn2)cc1C. The van der Waals surface area contributed by atoms with Crippen LogP contribution in [0, 0.1) is 6.92 Å². The van der Waals surface area contributed by atoms with Crippen molar-refractivity contribution in [2.24, 2.45) is 0 Å². The summed E-state index contributed by atoms with van der Waals surface area (Å²) >= 11 is 0. The van der Waals surface area contributed by atoms with Crippen LogP contribution in [0.5, 0.6) is 11.5 Å². The van der Waals surface area contributed by atoms with E-state index in [0.717, 1.165) is 16.9 Å². The molecule has 0 aliphatic carbocycles. The van der Waals surface area contributed by atoms with Gasteiger partial charge in [0.2, 0.25) is 10.0 Å². The molecule has 0 fully saturated rings.